The number of piperazine rings is 1. The number of nitriles is 1. The molecule has 1 aromatic heterocycles. The summed E-state index contributed by atoms with van der Waals surface area (Å²) in [6, 6.07) is 15.6. The molecular formula is C36H51N7O2. The number of aromatic nitrogens is 2. The van der Waals surface area contributed by atoms with Crippen molar-refractivity contribution in [3.8, 4) is 12.1 Å². The summed E-state index contributed by atoms with van der Waals surface area (Å²) < 4.78 is 6.19. The Bertz CT molecular complexity index is 1430. The number of benzene rings is 2. The zero-order valence-electron chi connectivity index (χ0n) is 28.1. The van der Waals surface area contributed by atoms with Gasteiger partial charge in [0.15, 0.2) is 0 Å². The summed E-state index contributed by atoms with van der Waals surface area (Å²) in [4.78, 5) is 28.6. The molecule has 3 aromatic rings. The van der Waals surface area contributed by atoms with E-state index in [0.29, 0.717) is 38.3 Å². The number of nitrogens with one attached hydrogen (secondary N) is 1. The molecule has 0 saturated carbocycles. The monoisotopic (exact) mass is 613 g/mol. The summed E-state index contributed by atoms with van der Waals surface area (Å²) >= 11 is 0. The fourth-order valence-corrected chi connectivity index (χ4v) is 6.03. The first-order valence-electron chi connectivity index (χ1n) is 16.5. The Morgan fingerprint density at radius 3 is 2.40 bits per heavy atom. The second-order valence-corrected chi connectivity index (χ2v) is 10.7. The highest BCUT2D eigenvalue weighted by atomic mass is 16.5. The number of ether oxygens (including phenoxy) is 1. The number of hydrogen-bond donors (Lipinski definition) is 1. The number of nitrogens with zero attached hydrogens (tertiary/aromatic N) is 6. The molecule has 6 rings (SSSR count). The lowest BCUT2D eigenvalue weighted by molar-refractivity contribution is -0.126. The number of carbonyl (C=O) groups is 1. The predicted octanol–water partition coefficient (Wildman–Crippen LogP) is 6.05. The van der Waals surface area contributed by atoms with Gasteiger partial charge in [0, 0.05) is 62.3 Å². The Kier molecular flexibility index (Phi) is 14.1. The van der Waals surface area contributed by atoms with Crippen molar-refractivity contribution in [3.63, 3.8) is 0 Å². The van der Waals surface area contributed by atoms with Gasteiger partial charge in [-0.1, -0.05) is 64.6 Å². The molecule has 2 aromatic carbocycles. The van der Waals surface area contributed by atoms with Gasteiger partial charge in [0.2, 0.25) is 5.91 Å². The summed E-state index contributed by atoms with van der Waals surface area (Å²) in [7, 11) is 0. The molecule has 3 aliphatic rings. The van der Waals surface area contributed by atoms with Crippen molar-refractivity contribution in [2.45, 2.75) is 73.4 Å². The summed E-state index contributed by atoms with van der Waals surface area (Å²) in [6.45, 7) is 21.3. The zero-order chi connectivity index (χ0) is 32.8. The first-order chi connectivity index (χ1) is 22.0. The molecule has 4 heterocycles. The van der Waals surface area contributed by atoms with Crippen molar-refractivity contribution >= 4 is 28.2 Å². The summed E-state index contributed by atoms with van der Waals surface area (Å²) in [5, 5.41) is 13.4. The third-order valence-electron chi connectivity index (χ3n) is 8.10. The number of rotatable bonds is 6. The maximum atomic E-state index is 12.1. The standard InChI is InChI=1S/C30H36N6O2.C2H3N.2C2H6/c1-3-27(37)34-15-17-35(18-16-34)29-24-12-14-36(26-11-5-9-22-8-4-7-21(2)28(22)26)19-25(24)32-30(33-29)38-20-23-10-6-13-31-23;1-2-3;2*1-2/h3-5,7-9,11,23,31H,1,6,10,12-20H2,2H3;1H3;2*1-2H3. The van der Waals surface area contributed by atoms with E-state index >= 15 is 0 Å². The van der Waals surface area contributed by atoms with Gasteiger partial charge in [-0.2, -0.15) is 15.2 Å². The van der Waals surface area contributed by atoms with E-state index in [9.17, 15) is 4.79 Å². The van der Waals surface area contributed by atoms with E-state index in [1.54, 1.807) is 6.07 Å². The fraction of sp³-hybridized carbons (Fsp3) is 0.500. The predicted molar refractivity (Wildman–Crippen MR) is 185 cm³/mol. The molecule has 1 N–H and O–H groups in total. The summed E-state index contributed by atoms with van der Waals surface area (Å²) in [6.07, 6.45) is 4.56. The molecule has 0 radical (unpaired) electrons. The normalized spacial score (nSPS) is 16.9. The maximum absolute atomic E-state index is 12.1. The van der Waals surface area contributed by atoms with Crippen LogP contribution < -0.4 is 19.9 Å². The Morgan fingerprint density at radius 1 is 1.07 bits per heavy atom. The van der Waals surface area contributed by atoms with Crippen LogP contribution in [0.15, 0.2) is 49.1 Å². The van der Waals surface area contributed by atoms with E-state index in [-0.39, 0.29) is 5.91 Å². The van der Waals surface area contributed by atoms with Crippen molar-refractivity contribution < 1.29 is 9.53 Å². The van der Waals surface area contributed by atoms with Gasteiger partial charge in [0.05, 0.1) is 18.3 Å². The quantitative estimate of drug-likeness (QED) is 0.336. The molecule has 2 saturated heterocycles. The van der Waals surface area contributed by atoms with E-state index in [4.69, 9.17) is 20.0 Å². The van der Waals surface area contributed by atoms with Gasteiger partial charge >= 0.3 is 6.01 Å². The molecule has 0 aliphatic carbocycles. The van der Waals surface area contributed by atoms with E-state index in [2.05, 4.69) is 65.0 Å². The molecule has 1 amide bonds. The number of aryl methyl sites for hydroxylation is 1. The average molecular weight is 614 g/mol. The lowest BCUT2D eigenvalue weighted by Crippen LogP contribution is -2.49. The van der Waals surface area contributed by atoms with Gasteiger partial charge < -0.3 is 24.8 Å². The first-order valence-corrected chi connectivity index (χ1v) is 16.5. The highest BCUT2D eigenvalue weighted by Crippen LogP contribution is 2.35. The minimum atomic E-state index is -0.0107. The van der Waals surface area contributed by atoms with Gasteiger partial charge in [0.1, 0.15) is 12.4 Å². The molecule has 45 heavy (non-hydrogen) atoms. The van der Waals surface area contributed by atoms with Crippen molar-refractivity contribution in [2.75, 3.05) is 55.7 Å². The second-order valence-electron chi connectivity index (χ2n) is 10.7. The topological polar surface area (TPSA) is 97.6 Å². The van der Waals surface area contributed by atoms with E-state index < -0.39 is 0 Å². The second kappa shape index (κ2) is 18.0. The van der Waals surface area contributed by atoms with Gasteiger partial charge in [-0.3, -0.25) is 4.79 Å². The van der Waals surface area contributed by atoms with Gasteiger partial charge in [-0.25, -0.2) is 0 Å². The molecule has 3 aliphatic heterocycles. The molecule has 9 nitrogen and oxygen atoms in total. The highest BCUT2D eigenvalue weighted by Gasteiger charge is 2.29. The first kappa shape index (κ1) is 35.3. The van der Waals surface area contributed by atoms with Crippen LogP contribution in [-0.4, -0.2) is 72.7 Å². The molecule has 1 atom stereocenters. The number of anilines is 2. The molecular weight excluding hydrogens is 562 g/mol. The number of carbonyl (C=O) groups excluding carboxylic acids is 1. The Morgan fingerprint density at radius 2 is 1.76 bits per heavy atom. The van der Waals surface area contributed by atoms with Crippen LogP contribution in [0.25, 0.3) is 10.8 Å². The van der Waals surface area contributed by atoms with Gasteiger partial charge in [-0.05, 0) is 55.8 Å². The van der Waals surface area contributed by atoms with Gasteiger partial charge in [0.25, 0.3) is 0 Å². The van der Waals surface area contributed by atoms with Crippen LogP contribution in [0.1, 0.15) is 64.3 Å². The van der Waals surface area contributed by atoms with Crippen LogP contribution in [0.2, 0.25) is 0 Å². The minimum absolute atomic E-state index is 0.0107. The molecule has 242 valence electrons. The number of fused-ring (bicyclic) bond motifs is 2. The average Bonchev–Trinajstić information content (AvgIpc) is 3.62. The Hall–Kier alpha value is -4.16. The van der Waals surface area contributed by atoms with Crippen LogP contribution in [0.4, 0.5) is 11.5 Å². The van der Waals surface area contributed by atoms with E-state index in [0.717, 1.165) is 50.5 Å². The van der Waals surface area contributed by atoms with E-state index in [1.165, 1.54) is 47.0 Å². The fourth-order valence-electron chi connectivity index (χ4n) is 6.03. The van der Waals surface area contributed by atoms with Crippen molar-refractivity contribution in [2.24, 2.45) is 0 Å². The van der Waals surface area contributed by atoms with E-state index in [1.807, 2.05) is 32.6 Å². The number of amides is 1. The minimum Gasteiger partial charge on any atom is -0.462 e. The summed E-state index contributed by atoms with van der Waals surface area (Å²) in [5.74, 6) is 0.951. The van der Waals surface area contributed by atoms with Crippen molar-refractivity contribution in [1.82, 2.24) is 20.2 Å². The van der Waals surface area contributed by atoms with Crippen LogP contribution >= 0.6 is 0 Å². The Labute approximate surface area is 269 Å². The van der Waals surface area contributed by atoms with Crippen molar-refractivity contribution in [3.05, 3.63) is 65.9 Å². The number of hydrogen-bond acceptors (Lipinski definition) is 8. The molecule has 0 bridgehead atoms. The SMILES string of the molecule is C=CC(=O)N1CCN(c2nc(OCC3CCCN3)nc3c2CCN(c2cccc4cccc(C)c24)C3)CC1.CC.CC.CC#N. The van der Waals surface area contributed by atoms with Gasteiger partial charge in [-0.15, -0.1) is 0 Å². The van der Waals surface area contributed by atoms with Crippen LogP contribution in [0.3, 0.4) is 0 Å². The third-order valence-corrected chi connectivity index (χ3v) is 8.10. The van der Waals surface area contributed by atoms with Crippen molar-refractivity contribution in [1.29, 1.82) is 5.26 Å². The summed E-state index contributed by atoms with van der Waals surface area (Å²) in [5.41, 5.74) is 4.77. The molecule has 9 heteroatoms. The molecule has 1 unspecified atom stereocenters. The lowest BCUT2D eigenvalue weighted by Gasteiger charge is -2.38. The highest BCUT2D eigenvalue weighted by molar-refractivity contribution is 5.97. The maximum Gasteiger partial charge on any atom is 0.318 e. The largest absolute Gasteiger partial charge is 0.462 e. The molecule has 0 spiro atoms. The smallest absolute Gasteiger partial charge is 0.318 e. The van der Waals surface area contributed by atoms with Crippen LogP contribution in [0, 0.1) is 18.3 Å². The molecule has 2 fully saturated rings. The Balaban J connectivity index is 0.000000733. The zero-order valence-corrected chi connectivity index (χ0v) is 28.1. The third kappa shape index (κ3) is 8.73. The van der Waals surface area contributed by atoms with Crippen LogP contribution in [0.5, 0.6) is 6.01 Å². The lowest BCUT2D eigenvalue weighted by atomic mass is 9.99. The van der Waals surface area contributed by atoms with Crippen LogP contribution in [-0.2, 0) is 17.8 Å².